The van der Waals surface area contributed by atoms with Gasteiger partial charge in [0, 0.05) is 41.3 Å². The van der Waals surface area contributed by atoms with Crippen LogP contribution in [-0.4, -0.2) is 6.29 Å². The summed E-state index contributed by atoms with van der Waals surface area (Å²) in [4.78, 5) is 9.05. The molecule has 5 heavy (non-hydrogen) atoms. The Morgan fingerprint density at radius 3 is 2.00 bits per heavy atom. The summed E-state index contributed by atoms with van der Waals surface area (Å²) in [7, 11) is 0. The Labute approximate surface area is 65.1 Å². The summed E-state index contributed by atoms with van der Waals surface area (Å²) in [6, 6.07) is 0. The SMILES string of the molecule is CC[C-]=O.[Pr]. The number of carbonyl (C=O) groups excluding carboxylic acids is 1. The van der Waals surface area contributed by atoms with Gasteiger partial charge < -0.3 is 4.79 Å². The fourth-order valence-electron chi connectivity index (χ4n) is 0. The zero-order chi connectivity index (χ0) is 3.41. The van der Waals surface area contributed by atoms with Crippen molar-refractivity contribution >= 4 is 6.29 Å². The van der Waals surface area contributed by atoms with Crippen molar-refractivity contribution in [3.05, 3.63) is 0 Å². The van der Waals surface area contributed by atoms with E-state index in [1.807, 2.05) is 0 Å². The molecular weight excluding hydrogens is 193 g/mol. The van der Waals surface area contributed by atoms with Crippen LogP contribution in [0, 0.1) is 41.3 Å². The van der Waals surface area contributed by atoms with Crippen LogP contribution in [0.4, 0.5) is 0 Å². The van der Waals surface area contributed by atoms with E-state index in [0.717, 1.165) is 0 Å². The Morgan fingerprint density at radius 2 is 2.00 bits per heavy atom. The van der Waals surface area contributed by atoms with E-state index in [2.05, 4.69) is 0 Å². The third-order valence-corrected chi connectivity index (χ3v) is 0.144. The summed E-state index contributed by atoms with van der Waals surface area (Å²) in [5.74, 6) is 0. The van der Waals surface area contributed by atoms with Gasteiger partial charge in [-0.3, -0.25) is 6.29 Å². The van der Waals surface area contributed by atoms with Gasteiger partial charge in [-0.2, -0.15) is 6.42 Å². The molecule has 27 valence electrons. The van der Waals surface area contributed by atoms with E-state index >= 15 is 0 Å². The normalized spacial score (nSPS) is 5.00. The van der Waals surface area contributed by atoms with E-state index in [-0.39, 0.29) is 41.3 Å². The Bertz CT molecular complexity index is 20.9. The second kappa shape index (κ2) is 8.90. The first-order chi connectivity index (χ1) is 1.91. The Kier molecular flexibility index (Phi) is 16.7. The molecule has 0 amide bonds. The van der Waals surface area contributed by atoms with Crippen molar-refractivity contribution in [3.63, 3.8) is 0 Å². The van der Waals surface area contributed by atoms with Crippen molar-refractivity contribution in [2.24, 2.45) is 0 Å². The van der Waals surface area contributed by atoms with Gasteiger partial charge in [0.1, 0.15) is 0 Å². The molecule has 0 aromatic heterocycles. The van der Waals surface area contributed by atoms with E-state index < -0.39 is 0 Å². The Balaban J connectivity index is 0. The van der Waals surface area contributed by atoms with Crippen molar-refractivity contribution < 1.29 is 46.1 Å². The van der Waals surface area contributed by atoms with Gasteiger partial charge in [0.2, 0.25) is 0 Å². The predicted octanol–water partition coefficient (Wildman–Crippen LogP) is 0.506. The average molecular weight is 198 g/mol. The predicted molar refractivity (Wildman–Crippen MR) is 16.0 cm³/mol. The standard InChI is InChI=1S/C3H5O.Pr/c1-2-3-4;/h2H2,1H3;/q-1;. The minimum Gasteiger partial charge on any atom is -0.542 e. The fourth-order valence-corrected chi connectivity index (χ4v) is 0. The molecule has 0 N–H and O–H groups in total. The summed E-state index contributed by atoms with van der Waals surface area (Å²) in [6.45, 7) is 1.76. The maximum atomic E-state index is 9.05. The van der Waals surface area contributed by atoms with Crippen molar-refractivity contribution in [1.82, 2.24) is 0 Å². The van der Waals surface area contributed by atoms with Crippen molar-refractivity contribution in [2.45, 2.75) is 13.3 Å². The van der Waals surface area contributed by atoms with Crippen LogP contribution < -0.4 is 0 Å². The zero-order valence-corrected chi connectivity index (χ0v) is 6.90. The van der Waals surface area contributed by atoms with E-state index in [0.29, 0.717) is 6.42 Å². The second-order valence-corrected chi connectivity index (χ2v) is 0.498. The molecule has 0 unspecified atom stereocenters. The zero-order valence-electron chi connectivity index (χ0n) is 3.19. The first-order valence-corrected chi connectivity index (χ1v) is 1.26. The van der Waals surface area contributed by atoms with Crippen LogP contribution in [0.15, 0.2) is 0 Å². The molecule has 1 radical (unpaired) electrons. The van der Waals surface area contributed by atoms with Gasteiger partial charge in [-0.1, -0.05) is 6.92 Å². The van der Waals surface area contributed by atoms with Gasteiger partial charge in [-0.25, -0.2) is 0 Å². The quantitative estimate of drug-likeness (QED) is 0.561. The minimum absolute atomic E-state index is 0. The van der Waals surface area contributed by atoms with E-state index in [4.69, 9.17) is 4.79 Å². The maximum Gasteiger partial charge on any atom is 0 e. The molecule has 0 aromatic carbocycles. The summed E-state index contributed by atoms with van der Waals surface area (Å²) in [5, 5.41) is 0. The molecule has 0 aliphatic carbocycles. The molecule has 0 saturated carbocycles. The molecule has 0 rings (SSSR count). The molecule has 0 aromatic rings. The van der Waals surface area contributed by atoms with Crippen molar-refractivity contribution in [3.8, 4) is 0 Å². The molecule has 0 saturated heterocycles. The summed E-state index contributed by atoms with van der Waals surface area (Å²) >= 11 is 0. The molecule has 1 nitrogen and oxygen atoms in total. The van der Waals surface area contributed by atoms with Crippen LogP contribution in [-0.2, 0) is 4.79 Å². The first kappa shape index (κ1) is 9.40. The van der Waals surface area contributed by atoms with Crippen LogP contribution in [0.3, 0.4) is 0 Å². The summed E-state index contributed by atoms with van der Waals surface area (Å²) in [6.07, 6.45) is 2.19. The summed E-state index contributed by atoms with van der Waals surface area (Å²) < 4.78 is 0. The Morgan fingerprint density at radius 1 is 1.80 bits per heavy atom. The van der Waals surface area contributed by atoms with Gasteiger partial charge in [0.05, 0.1) is 0 Å². The van der Waals surface area contributed by atoms with Gasteiger partial charge in [-0.15, -0.1) is 0 Å². The maximum absolute atomic E-state index is 9.05. The molecule has 2 heteroatoms. The third-order valence-electron chi connectivity index (χ3n) is 0.144. The first-order valence-electron chi connectivity index (χ1n) is 1.26. The van der Waals surface area contributed by atoms with E-state index in [1.165, 1.54) is 0 Å². The van der Waals surface area contributed by atoms with Gasteiger partial charge in [0.15, 0.2) is 0 Å². The van der Waals surface area contributed by atoms with Crippen molar-refractivity contribution in [1.29, 1.82) is 0 Å². The smallest absolute Gasteiger partial charge is 0 e. The fraction of sp³-hybridized carbons (Fsp3) is 0.667. The van der Waals surface area contributed by atoms with Crippen LogP contribution >= 0.6 is 0 Å². The molecule has 0 heterocycles. The van der Waals surface area contributed by atoms with Crippen LogP contribution in [0.5, 0.6) is 0 Å². The second-order valence-electron chi connectivity index (χ2n) is 0.498. The molecular formula is C3H5OPr-. The van der Waals surface area contributed by atoms with Gasteiger partial charge >= 0.3 is 0 Å². The molecule has 0 aliphatic rings. The summed E-state index contributed by atoms with van der Waals surface area (Å²) in [5.41, 5.74) is 0. The van der Waals surface area contributed by atoms with Crippen molar-refractivity contribution in [2.75, 3.05) is 0 Å². The third kappa shape index (κ3) is 11.2. The largest absolute Gasteiger partial charge is 0.542 e. The number of rotatable bonds is 1. The number of hydrogen-bond donors (Lipinski definition) is 0. The topological polar surface area (TPSA) is 17.1 Å². The van der Waals surface area contributed by atoms with Gasteiger partial charge in [-0.05, 0) is 0 Å². The number of hydrogen-bond acceptors (Lipinski definition) is 1. The van der Waals surface area contributed by atoms with Crippen LogP contribution in [0.25, 0.3) is 0 Å². The van der Waals surface area contributed by atoms with Gasteiger partial charge in [0.25, 0.3) is 0 Å². The molecule has 0 bridgehead atoms. The average Bonchev–Trinajstić information content (AvgIpc) is 1.37. The minimum atomic E-state index is 0. The molecule has 0 fully saturated rings. The van der Waals surface area contributed by atoms with E-state index in [1.54, 1.807) is 13.2 Å². The van der Waals surface area contributed by atoms with Crippen LogP contribution in [0.1, 0.15) is 13.3 Å². The van der Waals surface area contributed by atoms with Crippen LogP contribution in [0.2, 0.25) is 0 Å². The monoisotopic (exact) mass is 198 g/mol. The molecule has 0 aliphatic heterocycles. The Hall–Kier alpha value is 1.03. The molecule has 0 atom stereocenters. The van der Waals surface area contributed by atoms with E-state index in [9.17, 15) is 0 Å². The molecule has 0 spiro atoms.